The summed E-state index contributed by atoms with van der Waals surface area (Å²) in [5.74, 6) is -0.831. The van der Waals surface area contributed by atoms with Crippen molar-refractivity contribution in [1.82, 2.24) is 5.32 Å². The van der Waals surface area contributed by atoms with Gasteiger partial charge < -0.3 is 10.4 Å². The van der Waals surface area contributed by atoms with Crippen molar-refractivity contribution in [2.45, 2.75) is 25.8 Å². The van der Waals surface area contributed by atoms with Gasteiger partial charge in [0.2, 0.25) is 0 Å². The third-order valence-electron chi connectivity index (χ3n) is 2.96. The van der Waals surface area contributed by atoms with Crippen molar-refractivity contribution < 1.29 is 9.90 Å². The van der Waals surface area contributed by atoms with Gasteiger partial charge in [0, 0.05) is 6.04 Å². The van der Waals surface area contributed by atoms with Crippen LogP contribution < -0.4 is 5.32 Å². The van der Waals surface area contributed by atoms with E-state index in [1.807, 2.05) is 13.0 Å². The van der Waals surface area contributed by atoms with Gasteiger partial charge in [-0.3, -0.25) is 0 Å². The van der Waals surface area contributed by atoms with E-state index in [1.165, 1.54) is 0 Å². The molecule has 1 aromatic carbocycles. The molecule has 1 heterocycles. The Kier molecular flexibility index (Phi) is 2.73. The Balaban J connectivity index is 2.46. The molecule has 2 N–H and O–H groups in total. The van der Waals surface area contributed by atoms with Crippen LogP contribution in [0.2, 0.25) is 0 Å². The van der Waals surface area contributed by atoms with Gasteiger partial charge in [0.15, 0.2) is 0 Å². The maximum Gasteiger partial charge on any atom is 0.336 e. The summed E-state index contributed by atoms with van der Waals surface area (Å²) in [4.78, 5) is 11.1. The fourth-order valence-electron chi connectivity index (χ4n) is 2.26. The molecule has 0 spiro atoms. The van der Waals surface area contributed by atoms with E-state index in [4.69, 9.17) is 5.11 Å². The maximum atomic E-state index is 11.1. The number of nitrogens with one attached hydrogen (secondary N) is 1. The van der Waals surface area contributed by atoms with Crippen molar-refractivity contribution in [1.29, 1.82) is 0 Å². The molecule has 1 aliphatic rings. The summed E-state index contributed by atoms with van der Waals surface area (Å²) in [6.45, 7) is 2.96. The van der Waals surface area contributed by atoms with Crippen molar-refractivity contribution in [3.05, 3.63) is 34.9 Å². The third kappa shape index (κ3) is 1.88. The predicted molar refractivity (Wildman–Crippen MR) is 58.1 cm³/mol. The van der Waals surface area contributed by atoms with Crippen LogP contribution in [0.4, 0.5) is 0 Å². The predicted octanol–water partition coefficient (Wildman–Crippen LogP) is 2.12. The van der Waals surface area contributed by atoms with Crippen molar-refractivity contribution in [3.63, 3.8) is 0 Å². The summed E-state index contributed by atoms with van der Waals surface area (Å²) in [5.41, 5.74) is 2.46. The number of carbonyl (C=O) groups is 1. The van der Waals surface area contributed by atoms with Crippen LogP contribution >= 0.6 is 0 Å². The Morgan fingerprint density at radius 3 is 2.93 bits per heavy atom. The van der Waals surface area contributed by atoms with Crippen LogP contribution in [0.1, 0.15) is 40.4 Å². The first-order chi connectivity index (χ1) is 7.20. The topological polar surface area (TPSA) is 49.3 Å². The molecule has 1 fully saturated rings. The number of hydrogen-bond acceptors (Lipinski definition) is 2. The van der Waals surface area contributed by atoms with Gasteiger partial charge >= 0.3 is 5.97 Å². The summed E-state index contributed by atoms with van der Waals surface area (Å²) in [6.07, 6.45) is 2.16. The molecule has 1 saturated heterocycles. The monoisotopic (exact) mass is 205 g/mol. The molecule has 1 aromatic rings. The Bertz CT molecular complexity index is 381. The third-order valence-corrected chi connectivity index (χ3v) is 2.96. The average molecular weight is 205 g/mol. The van der Waals surface area contributed by atoms with E-state index < -0.39 is 5.97 Å². The zero-order valence-corrected chi connectivity index (χ0v) is 8.79. The van der Waals surface area contributed by atoms with Gasteiger partial charge in [0.25, 0.3) is 0 Å². The number of rotatable bonds is 2. The molecule has 0 radical (unpaired) electrons. The first-order valence-corrected chi connectivity index (χ1v) is 5.26. The number of aryl methyl sites for hydroxylation is 1. The van der Waals surface area contributed by atoms with Crippen LogP contribution in [-0.2, 0) is 0 Å². The van der Waals surface area contributed by atoms with E-state index in [0.717, 1.165) is 30.5 Å². The van der Waals surface area contributed by atoms with E-state index in [1.54, 1.807) is 12.1 Å². The highest BCUT2D eigenvalue weighted by atomic mass is 16.4. The Morgan fingerprint density at radius 2 is 2.33 bits per heavy atom. The van der Waals surface area contributed by atoms with E-state index >= 15 is 0 Å². The van der Waals surface area contributed by atoms with Crippen molar-refractivity contribution in [2.75, 3.05) is 6.54 Å². The molecule has 0 aliphatic carbocycles. The molecular weight excluding hydrogens is 190 g/mol. The number of hydrogen-bond donors (Lipinski definition) is 2. The molecule has 0 saturated carbocycles. The van der Waals surface area contributed by atoms with Gasteiger partial charge in [-0.1, -0.05) is 12.1 Å². The number of carboxylic acid groups (broad SMARTS) is 1. The van der Waals surface area contributed by atoms with Crippen molar-refractivity contribution >= 4 is 5.97 Å². The molecule has 0 aromatic heterocycles. The van der Waals surface area contributed by atoms with Gasteiger partial charge in [-0.15, -0.1) is 0 Å². The lowest BCUT2D eigenvalue weighted by molar-refractivity contribution is 0.0695. The largest absolute Gasteiger partial charge is 0.478 e. The molecule has 0 bridgehead atoms. The van der Waals surface area contributed by atoms with Gasteiger partial charge in [-0.25, -0.2) is 4.79 Å². The van der Waals surface area contributed by atoms with Crippen LogP contribution in [0.25, 0.3) is 0 Å². The smallest absolute Gasteiger partial charge is 0.336 e. The van der Waals surface area contributed by atoms with E-state index in [0.29, 0.717) is 5.56 Å². The van der Waals surface area contributed by atoms with Gasteiger partial charge in [-0.2, -0.15) is 0 Å². The molecule has 0 amide bonds. The summed E-state index contributed by atoms with van der Waals surface area (Å²) in [6, 6.07) is 5.68. The highest BCUT2D eigenvalue weighted by Crippen LogP contribution is 2.28. The second kappa shape index (κ2) is 4.03. The SMILES string of the molecule is Cc1cccc(C(=O)O)c1[C@@H]1CCCN1. The normalized spacial score (nSPS) is 20.5. The van der Waals surface area contributed by atoms with Crippen LogP contribution in [0.5, 0.6) is 0 Å². The summed E-state index contributed by atoms with van der Waals surface area (Å²) in [7, 11) is 0. The molecular formula is C12H15NO2. The Labute approximate surface area is 89.1 Å². The van der Waals surface area contributed by atoms with Gasteiger partial charge in [0.05, 0.1) is 5.56 Å². The minimum atomic E-state index is -0.831. The lowest BCUT2D eigenvalue weighted by atomic mass is 9.94. The molecule has 80 valence electrons. The summed E-state index contributed by atoms with van der Waals surface area (Å²) >= 11 is 0. The Hall–Kier alpha value is -1.35. The maximum absolute atomic E-state index is 11.1. The number of benzene rings is 1. The first kappa shape index (κ1) is 10.2. The minimum absolute atomic E-state index is 0.220. The second-order valence-corrected chi connectivity index (χ2v) is 3.99. The lowest BCUT2D eigenvalue weighted by Crippen LogP contribution is -2.17. The zero-order valence-electron chi connectivity index (χ0n) is 8.79. The molecule has 0 unspecified atom stereocenters. The molecule has 1 atom stereocenters. The fourth-order valence-corrected chi connectivity index (χ4v) is 2.26. The van der Waals surface area contributed by atoms with Crippen molar-refractivity contribution in [2.24, 2.45) is 0 Å². The molecule has 3 heteroatoms. The van der Waals surface area contributed by atoms with E-state index in [-0.39, 0.29) is 6.04 Å². The number of carboxylic acids is 1. The minimum Gasteiger partial charge on any atom is -0.478 e. The summed E-state index contributed by atoms with van der Waals surface area (Å²) in [5, 5.41) is 12.5. The van der Waals surface area contributed by atoms with Crippen LogP contribution in [0.15, 0.2) is 18.2 Å². The summed E-state index contributed by atoms with van der Waals surface area (Å²) < 4.78 is 0. The second-order valence-electron chi connectivity index (χ2n) is 3.99. The average Bonchev–Trinajstić information content (AvgIpc) is 2.70. The van der Waals surface area contributed by atoms with Crippen LogP contribution in [0.3, 0.4) is 0 Å². The Morgan fingerprint density at radius 1 is 1.53 bits per heavy atom. The first-order valence-electron chi connectivity index (χ1n) is 5.26. The van der Waals surface area contributed by atoms with Gasteiger partial charge in [0.1, 0.15) is 0 Å². The molecule has 15 heavy (non-hydrogen) atoms. The zero-order chi connectivity index (χ0) is 10.8. The molecule has 3 nitrogen and oxygen atoms in total. The molecule has 2 rings (SSSR count). The van der Waals surface area contributed by atoms with E-state index in [9.17, 15) is 4.79 Å². The van der Waals surface area contributed by atoms with Crippen molar-refractivity contribution in [3.8, 4) is 0 Å². The van der Waals surface area contributed by atoms with E-state index in [2.05, 4.69) is 5.32 Å². The van der Waals surface area contributed by atoms with Gasteiger partial charge in [-0.05, 0) is 43.5 Å². The van der Waals surface area contributed by atoms with Crippen LogP contribution in [0, 0.1) is 6.92 Å². The van der Waals surface area contributed by atoms with Crippen LogP contribution in [-0.4, -0.2) is 17.6 Å². The highest BCUT2D eigenvalue weighted by Gasteiger charge is 2.23. The fraction of sp³-hybridized carbons (Fsp3) is 0.417. The number of aromatic carboxylic acids is 1. The standard InChI is InChI=1S/C12H15NO2/c1-8-4-2-5-9(12(14)15)11(8)10-6-3-7-13-10/h2,4-5,10,13H,3,6-7H2,1H3,(H,14,15)/t10-/m0/s1. The quantitative estimate of drug-likeness (QED) is 0.777. The highest BCUT2D eigenvalue weighted by molar-refractivity contribution is 5.90. The molecule has 1 aliphatic heterocycles. The lowest BCUT2D eigenvalue weighted by Gasteiger charge is -2.16.